The fraction of sp³-hybridized carbons (Fsp3) is 0.706. The number of aryl methyl sites for hydroxylation is 1. The quantitative estimate of drug-likeness (QED) is 0.772. The van der Waals surface area contributed by atoms with Crippen LogP contribution < -0.4 is 10.6 Å². The summed E-state index contributed by atoms with van der Waals surface area (Å²) in [4.78, 5) is 25.6. The van der Waals surface area contributed by atoms with E-state index in [9.17, 15) is 4.79 Å². The lowest BCUT2D eigenvalue weighted by atomic mass is 10.2. The Morgan fingerprint density at radius 1 is 1.23 bits per heavy atom. The summed E-state index contributed by atoms with van der Waals surface area (Å²) in [5.74, 6) is 2.23. The molecular formula is C17H31Cl2N5O2. The molecule has 1 aromatic rings. The van der Waals surface area contributed by atoms with E-state index in [-0.39, 0.29) is 36.8 Å². The number of hydrogen-bond acceptors (Lipinski definition) is 6. The Balaban J connectivity index is 0.00000312. The minimum absolute atomic E-state index is 0. The summed E-state index contributed by atoms with van der Waals surface area (Å²) < 4.78 is 5.20. The van der Waals surface area contributed by atoms with Crippen LogP contribution >= 0.6 is 24.8 Å². The van der Waals surface area contributed by atoms with E-state index in [1.54, 1.807) is 7.11 Å². The first-order valence-corrected chi connectivity index (χ1v) is 8.55. The van der Waals surface area contributed by atoms with Gasteiger partial charge in [0.15, 0.2) is 0 Å². The van der Waals surface area contributed by atoms with E-state index in [2.05, 4.69) is 28.7 Å². The van der Waals surface area contributed by atoms with Gasteiger partial charge in [0.2, 0.25) is 5.91 Å². The minimum atomic E-state index is -0.200. The zero-order chi connectivity index (χ0) is 17.7. The van der Waals surface area contributed by atoms with Crippen LogP contribution in [0, 0.1) is 6.92 Å². The predicted octanol–water partition coefficient (Wildman–Crippen LogP) is 1.76. The molecule has 0 aromatic carbocycles. The van der Waals surface area contributed by atoms with E-state index in [0.29, 0.717) is 32.0 Å². The third-order valence-corrected chi connectivity index (χ3v) is 4.33. The molecule has 9 heteroatoms. The van der Waals surface area contributed by atoms with Gasteiger partial charge in [0.05, 0.1) is 12.5 Å². The maximum absolute atomic E-state index is 12.3. The maximum Gasteiger partial charge on any atom is 0.225 e. The van der Waals surface area contributed by atoms with Crippen molar-refractivity contribution in [1.82, 2.24) is 14.9 Å². The number of nitrogens with two attached hydrogens (primary N) is 1. The van der Waals surface area contributed by atoms with Crippen LogP contribution in [0.3, 0.4) is 0 Å². The average Bonchev–Trinajstić information content (AvgIpc) is 2.59. The molecule has 2 heterocycles. The predicted molar refractivity (Wildman–Crippen MR) is 109 cm³/mol. The summed E-state index contributed by atoms with van der Waals surface area (Å²) in [5, 5.41) is 0. The Labute approximate surface area is 168 Å². The molecule has 1 saturated heterocycles. The first kappa shape index (κ1) is 24.8. The zero-order valence-electron chi connectivity index (χ0n) is 16.0. The van der Waals surface area contributed by atoms with E-state index in [1.165, 1.54) is 0 Å². The topological polar surface area (TPSA) is 84.6 Å². The van der Waals surface area contributed by atoms with E-state index >= 15 is 0 Å². The highest BCUT2D eigenvalue weighted by molar-refractivity contribution is 5.85. The fourth-order valence-electron chi connectivity index (χ4n) is 2.77. The molecule has 26 heavy (non-hydrogen) atoms. The highest BCUT2D eigenvalue weighted by Gasteiger charge is 2.24. The molecule has 1 unspecified atom stereocenters. The Bertz CT molecular complexity index is 562. The van der Waals surface area contributed by atoms with Crippen LogP contribution in [0.1, 0.15) is 37.7 Å². The highest BCUT2D eigenvalue weighted by atomic mass is 35.5. The second-order valence-electron chi connectivity index (χ2n) is 6.55. The summed E-state index contributed by atoms with van der Waals surface area (Å²) in [5.41, 5.74) is 6.57. The van der Waals surface area contributed by atoms with Gasteiger partial charge < -0.3 is 20.3 Å². The summed E-state index contributed by atoms with van der Waals surface area (Å²) >= 11 is 0. The number of carbonyl (C=O) groups excluding carboxylic acids is 1. The lowest BCUT2D eigenvalue weighted by Gasteiger charge is -2.36. The van der Waals surface area contributed by atoms with E-state index in [1.807, 2.05) is 17.9 Å². The molecule has 0 spiro atoms. The molecule has 1 aromatic heterocycles. The second kappa shape index (κ2) is 11.5. The molecule has 150 valence electrons. The van der Waals surface area contributed by atoms with Crippen molar-refractivity contribution in [1.29, 1.82) is 0 Å². The molecule has 1 aliphatic heterocycles. The largest absolute Gasteiger partial charge is 0.380 e. The van der Waals surface area contributed by atoms with Gasteiger partial charge in [0.25, 0.3) is 0 Å². The number of halogens is 2. The molecule has 1 aliphatic rings. The van der Waals surface area contributed by atoms with Gasteiger partial charge in [-0.05, 0) is 6.92 Å². The van der Waals surface area contributed by atoms with Crippen molar-refractivity contribution < 1.29 is 9.53 Å². The maximum atomic E-state index is 12.3. The number of piperazine rings is 1. The van der Waals surface area contributed by atoms with E-state index in [0.717, 1.165) is 30.4 Å². The first-order valence-electron chi connectivity index (χ1n) is 8.55. The van der Waals surface area contributed by atoms with Crippen molar-refractivity contribution >= 4 is 36.5 Å². The van der Waals surface area contributed by atoms with Gasteiger partial charge in [-0.2, -0.15) is 0 Å². The monoisotopic (exact) mass is 407 g/mol. The van der Waals surface area contributed by atoms with Crippen molar-refractivity contribution in [3.63, 3.8) is 0 Å². The summed E-state index contributed by atoms with van der Waals surface area (Å²) in [6.07, 6.45) is 0.144. The number of methoxy groups -OCH3 is 1. The van der Waals surface area contributed by atoms with E-state index < -0.39 is 0 Å². The van der Waals surface area contributed by atoms with Crippen LogP contribution in [0.2, 0.25) is 0 Å². The number of nitrogens with zero attached hydrogens (tertiary/aromatic N) is 4. The van der Waals surface area contributed by atoms with Crippen LogP contribution in [0.25, 0.3) is 0 Å². The third-order valence-electron chi connectivity index (χ3n) is 4.33. The van der Waals surface area contributed by atoms with Gasteiger partial charge in [-0.3, -0.25) is 4.79 Å². The number of anilines is 1. The number of rotatable bonds is 6. The lowest BCUT2D eigenvalue weighted by molar-refractivity contribution is -0.133. The molecule has 1 amide bonds. The summed E-state index contributed by atoms with van der Waals surface area (Å²) in [6, 6.07) is 2.01. The van der Waals surface area contributed by atoms with Crippen LogP contribution in [0.4, 0.5) is 5.82 Å². The van der Waals surface area contributed by atoms with Gasteiger partial charge in [-0.15, -0.1) is 24.8 Å². The number of hydrogen-bond donors (Lipinski definition) is 1. The van der Waals surface area contributed by atoms with Gasteiger partial charge in [0, 0.05) is 57.5 Å². The standard InChI is InChI=1S/C17H29N5O2.2ClH/c1-12(2)17-19-13(3)9-15(20-17)21-5-7-22(8-6-21)16(23)10-14(11-18)24-4;;/h9,12,14H,5-8,10-11,18H2,1-4H3;2*1H. The second-order valence-corrected chi connectivity index (χ2v) is 6.55. The number of ether oxygens (including phenoxy) is 1. The Hall–Kier alpha value is -1.15. The van der Waals surface area contributed by atoms with Gasteiger partial charge in [0.1, 0.15) is 11.6 Å². The van der Waals surface area contributed by atoms with Crippen LogP contribution in [-0.2, 0) is 9.53 Å². The number of amides is 1. The molecule has 2 rings (SSSR count). The van der Waals surface area contributed by atoms with Crippen LogP contribution in [-0.4, -0.2) is 66.7 Å². The summed E-state index contributed by atoms with van der Waals surface area (Å²) in [7, 11) is 1.59. The van der Waals surface area contributed by atoms with Gasteiger partial charge in [-0.25, -0.2) is 9.97 Å². The average molecular weight is 408 g/mol. The molecule has 0 radical (unpaired) electrons. The first-order chi connectivity index (χ1) is 11.4. The zero-order valence-corrected chi connectivity index (χ0v) is 17.6. The lowest BCUT2D eigenvalue weighted by Crippen LogP contribution is -2.50. The highest BCUT2D eigenvalue weighted by Crippen LogP contribution is 2.19. The molecule has 0 saturated carbocycles. The smallest absolute Gasteiger partial charge is 0.225 e. The van der Waals surface area contributed by atoms with Crippen molar-refractivity contribution in [2.45, 2.75) is 39.2 Å². The molecule has 0 aliphatic carbocycles. The summed E-state index contributed by atoms with van der Waals surface area (Å²) in [6.45, 7) is 9.49. The normalized spacial score (nSPS) is 15.3. The molecule has 1 atom stereocenters. The van der Waals surface area contributed by atoms with Crippen LogP contribution in [0.15, 0.2) is 6.07 Å². The molecule has 0 bridgehead atoms. The van der Waals surface area contributed by atoms with Crippen molar-refractivity contribution in [3.05, 3.63) is 17.6 Å². The Morgan fingerprint density at radius 3 is 2.35 bits per heavy atom. The van der Waals surface area contributed by atoms with Crippen molar-refractivity contribution in [2.75, 3.05) is 44.7 Å². The molecule has 1 fully saturated rings. The van der Waals surface area contributed by atoms with Gasteiger partial charge in [-0.1, -0.05) is 13.8 Å². The van der Waals surface area contributed by atoms with Crippen molar-refractivity contribution in [3.8, 4) is 0 Å². The SMILES string of the molecule is COC(CN)CC(=O)N1CCN(c2cc(C)nc(C(C)C)n2)CC1.Cl.Cl. The van der Waals surface area contributed by atoms with Gasteiger partial charge >= 0.3 is 0 Å². The minimum Gasteiger partial charge on any atom is -0.380 e. The number of aromatic nitrogens is 2. The van der Waals surface area contributed by atoms with E-state index in [4.69, 9.17) is 10.5 Å². The Kier molecular flexibility index (Phi) is 11.0. The molecular weight excluding hydrogens is 377 g/mol. The third kappa shape index (κ3) is 6.54. The number of carbonyl (C=O) groups is 1. The molecule has 2 N–H and O–H groups in total. The Morgan fingerprint density at radius 2 is 1.85 bits per heavy atom. The fourth-order valence-corrected chi connectivity index (χ4v) is 2.77. The molecule has 7 nitrogen and oxygen atoms in total. The van der Waals surface area contributed by atoms with Crippen molar-refractivity contribution in [2.24, 2.45) is 5.73 Å². The van der Waals surface area contributed by atoms with Crippen LogP contribution in [0.5, 0.6) is 0 Å².